The third-order valence-corrected chi connectivity index (χ3v) is 4.21. The molecule has 2 heterocycles. The molecule has 1 aromatic carbocycles. The zero-order valence-electron chi connectivity index (χ0n) is 10.5. The third-order valence-electron chi connectivity index (χ3n) is 4.21. The van der Waals surface area contributed by atoms with Gasteiger partial charge in [-0.25, -0.2) is 0 Å². The Bertz CT molecular complexity index is 416. The molecule has 0 spiro atoms. The summed E-state index contributed by atoms with van der Waals surface area (Å²) < 4.78 is 0. The summed E-state index contributed by atoms with van der Waals surface area (Å²) in [5.74, 6) is 0. The first-order valence-corrected chi connectivity index (χ1v) is 6.53. The van der Waals surface area contributed by atoms with Crippen LogP contribution in [-0.2, 0) is 13.0 Å². The Morgan fingerprint density at radius 3 is 2.94 bits per heavy atom. The van der Waals surface area contributed by atoms with Gasteiger partial charge in [0.25, 0.3) is 0 Å². The quantitative estimate of drug-likeness (QED) is 0.740. The zero-order chi connectivity index (χ0) is 11.8. The van der Waals surface area contributed by atoms with Crippen molar-refractivity contribution in [1.82, 2.24) is 9.80 Å². The highest BCUT2D eigenvalue weighted by Crippen LogP contribution is 2.27. The van der Waals surface area contributed by atoms with E-state index in [9.17, 15) is 0 Å². The van der Waals surface area contributed by atoms with Crippen molar-refractivity contribution >= 4 is 5.69 Å². The molecule has 3 nitrogen and oxygen atoms in total. The number of likely N-dealkylation sites (N-methyl/N-ethyl adjacent to an activating group) is 1. The molecule has 0 amide bonds. The van der Waals surface area contributed by atoms with Crippen LogP contribution in [0.2, 0.25) is 0 Å². The predicted octanol–water partition coefficient (Wildman–Crippen LogP) is 1.33. The van der Waals surface area contributed by atoms with Crippen LogP contribution < -0.4 is 5.73 Å². The molecule has 2 N–H and O–H groups in total. The van der Waals surface area contributed by atoms with Crippen molar-refractivity contribution in [3.8, 4) is 0 Å². The first-order valence-electron chi connectivity index (χ1n) is 6.53. The van der Waals surface area contributed by atoms with Gasteiger partial charge >= 0.3 is 0 Å². The molecule has 92 valence electrons. The second-order valence-corrected chi connectivity index (χ2v) is 5.41. The van der Waals surface area contributed by atoms with E-state index in [1.165, 1.54) is 37.2 Å². The van der Waals surface area contributed by atoms with E-state index >= 15 is 0 Å². The van der Waals surface area contributed by atoms with Crippen molar-refractivity contribution in [2.45, 2.75) is 25.4 Å². The van der Waals surface area contributed by atoms with Crippen molar-refractivity contribution in [3.63, 3.8) is 0 Å². The normalized spacial score (nSPS) is 26.1. The second kappa shape index (κ2) is 4.31. The molecular weight excluding hydrogens is 210 g/mol. The number of nitrogens with zero attached hydrogens (tertiary/aromatic N) is 2. The fourth-order valence-electron chi connectivity index (χ4n) is 3.18. The van der Waals surface area contributed by atoms with Gasteiger partial charge in [-0.15, -0.1) is 0 Å². The second-order valence-electron chi connectivity index (χ2n) is 5.41. The average molecular weight is 231 g/mol. The van der Waals surface area contributed by atoms with Gasteiger partial charge in [-0.2, -0.15) is 0 Å². The highest BCUT2D eigenvalue weighted by molar-refractivity contribution is 5.51. The van der Waals surface area contributed by atoms with Crippen molar-refractivity contribution in [2.75, 3.05) is 32.4 Å². The van der Waals surface area contributed by atoms with Gasteiger partial charge in [0.15, 0.2) is 0 Å². The number of fused-ring (bicyclic) bond motifs is 1. The molecule has 3 rings (SSSR count). The predicted molar refractivity (Wildman–Crippen MR) is 70.9 cm³/mol. The standard InChI is InChI=1S/C14H21N3/c1-16-7-5-12(10-16)17-8-6-13-11(9-17)3-2-4-14(13)15/h2-4,12H,5-10,15H2,1H3. The van der Waals surface area contributed by atoms with E-state index < -0.39 is 0 Å². The maximum atomic E-state index is 6.04. The fourth-order valence-corrected chi connectivity index (χ4v) is 3.18. The van der Waals surface area contributed by atoms with Gasteiger partial charge in [-0.05, 0) is 43.6 Å². The molecule has 2 aliphatic heterocycles. The van der Waals surface area contributed by atoms with Gasteiger partial charge in [0.05, 0.1) is 0 Å². The monoisotopic (exact) mass is 231 g/mol. The van der Waals surface area contributed by atoms with Gasteiger partial charge in [0, 0.05) is 31.4 Å². The van der Waals surface area contributed by atoms with E-state index in [4.69, 9.17) is 5.73 Å². The molecule has 1 unspecified atom stereocenters. The molecule has 1 atom stereocenters. The minimum Gasteiger partial charge on any atom is -0.398 e. The lowest BCUT2D eigenvalue weighted by atomic mass is 9.96. The molecule has 0 saturated carbocycles. The van der Waals surface area contributed by atoms with Crippen molar-refractivity contribution in [2.24, 2.45) is 0 Å². The van der Waals surface area contributed by atoms with Gasteiger partial charge in [0.1, 0.15) is 0 Å². The van der Waals surface area contributed by atoms with Crippen LogP contribution in [0.4, 0.5) is 5.69 Å². The number of nitrogens with two attached hydrogens (primary N) is 1. The highest BCUT2D eigenvalue weighted by Gasteiger charge is 2.28. The first kappa shape index (κ1) is 11.1. The summed E-state index contributed by atoms with van der Waals surface area (Å²) in [7, 11) is 2.22. The van der Waals surface area contributed by atoms with Crippen LogP contribution in [0, 0.1) is 0 Å². The number of benzene rings is 1. The zero-order valence-corrected chi connectivity index (χ0v) is 10.5. The smallest absolute Gasteiger partial charge is 0.0350 e. The molecular formula is C14H21N3. The largest absolute Gasteiger partial charge is 0.398 e. The summed E-state index contributed by atoms with van der Waals surface area (Å²) >= 11 is 0. The maximum absolute atomic E-state index is 6.04. The Balaban J connectivity index is 1.77. The summed E-state index contributed by atoms with van der Waals surface area (Å²) in [6, 6.07) is 7.09. The molecule has 3 heteroatoms. The number of hydrogen-bond donors (Lipinski definition) is 1. The molecule has 0 aliphatic carbocycles. The Morgan fingerprint density at radius 1 is 1.29 bits per heavy atom. The van der Waals surface area contributed by atoms with E-state index in [-0.39, 0.29) is 0 Å². The molecule has 17 heavy (non-hydrogen) atoms. The minimum atomic E-state index is 0.745. The molecule has 0 bridgehead atoms. The van der Waals surface area contributed by atoms with Crippen LogP contribution >= 0.6 is 0 Å². The van der Waals surface area contributed by atoms with E-state index in [0.29, 0.717) is 0 Å². The molecule has 2 aliphatic rings. The molecule has 0 aromatic heterocycles. The number of rotatable bonds is 1. The van der Waals surface area contributed by atoms with Crippen LogP contribution in [-0.4, -0.2) is 42.5 Å². The summed E-state index contributed by atoms with van der Waals surface area (Å²) in [5, 5.41) is 0. The Hall–Kier alpha value is -1.06. The maximum Gasteiger partial charge on any atom is 0.0350 e. The van der Waals surface area contributed by atoms with Crippen molar-refractivity contribution in [1.29, 1.82) is 0 Å². The van der Waals surface area contributed by atoms with Gasteiger partial charge in [0.2, 0.25) is 0 Å². The molecule has 1 aromatic rings. The lowest BCUT2D eigenvalue weighted by Gasteiger charge is -2.34. The van der Waals surface area contributed by atoms with E-state index in [2.05, 4.69) is 29.0 Å². The highest BCUT2D eigenvalue weighted by atomic mass is 15.2. The molecule has 0 radical (unpaired) electrons. The van der Waals surface area contributed by atoms with Crippen LogP contribution in [0.5, 0.6) is 0 Å². The Kier molecular flexibility index (Phi) is 2.81. The van der Waals surface area contributed by atoms with E-state index in [1.54, 1.807) is 0 Å². The van der Waals surface area contributed by atoms with Gasteiger partial charge in [-0.3, -0.25) is 4.90 Å². The van der Waals surface area contributed by atoms with Crippen LogP contribution in [0.25, 0.3) is 0 Å². The fraction of sp³-hybridized carbons (Fsp3) is 0.571. The molecule has 1 saturated heterocycles. The lowest BCUT2D eigenvalue weighted by molar-refractivity contribution is 0.181. The van der Waals surface area contributed by atoms with Gasteiger partial charge in [-0.1, -0.05) is 12.1 Å². The van der Waals surface area contributed by atoms with Crippen LogP contribution in [0.3, 0.4) is 0 Å². The summed E-state index contributed by atoms with van der Waals surface area (Å²) in [6.45, 7) is 4.71. The van der Waals surface area contributed by atoms with Crippen molar-refractivity contribution < 1.29 is 0 Å². The lowest BCUT2D eigenvalue weighted by Crippen LogP contribution is -2.40. The topological polar surface area (TPSA) is 32.5 Å². The number of hydrogen-bond acceptors (Lipinski definition) is 3. The Morgan fingerprint density at radius 2 is 2.18 bits per heavy atom. The third kappa shape index (κ3) is 2.05. The number of likely N-dealkylation sites (tertiary alicyclic amines) is 1. The van der Waals surface area contributed by atoms with Crippen LogP contribution in [0.15, 0.2) is 18.2 Å². The summed E-state index contributed by atoms with van der Waals surface area (Å²) in [5.41, 5.74) is 9.83. The van der Waals surface area contributed by atoms with Crippen LogP contribution in [0.1, 0.15) is 17.5 Å². The molecule has 1 fully saturated rings. The van der Waals surface area contributed by atoms with Gasteiger partial charge < -0.3 is 10.6 Å². The average Bonchev–Trinajstić information content (AvgIpc) is 2.76. The van der Waals surface area contributed by atoms with E-state index in [0.717, 1.165) is 24.7 Å². The minimum absolute atomic E-state index is 0.745. The SMILES string of the molecule is CN1CCC(N2CCc3c(N)cccc3C2)C1. The van der Waals surface area contributed by atoms with E-state index in [1.807, 2.05) is 6.07 Å². The summed E-state index contributed by atoms with van der Waals surface area (Å²) in [6.07, 6.45) is 2.43. The number of anilines is 1. The first-order chi connectivity index (χ1) is 8.24. The Labute approximate surface area is 103 Å². The van der Waals surface area contributed by atoms with Crippen molar-refractivity contribution in [3.05, 3.63) is 29.3 Å². The number of nitrogen functional groups attached to an aromatic ring is 1. The summed E-state index contributed by atoms with van der Waals surface area (Å²) in [4.78, 5) is 5.06.